The molecule has 2 N–H and O–H groups in total. The smallest absolute Gasteiger partial charge is 0.0429 e. The zero-order chi connectivity index (χ0) is 13.1. The summed E-state index contributed by atoms with van der Waals surface area (Å²) in [4.78, 5) is 2.49. The van der Waals surface area contributed by atoms with Crippen LogP contribution in [0.25, 0.3) is 0 Å². The molecule has 0 spiro atoms. The maximum absolute atomic E-state index is 6.14. The van der Waals surface area contributed by atoms with E-state index in [-0.39, 0.29) is 0 Å². The molecule has 18 heavy (non-hydrogen) atoms. The molecular weight excluding hydrogens is 244 g/mol. The fraction of sp³-hybridized carbons (Fsp3) is 0.600. The predicted molar refractivity (Wildman–Crippen MR) is 79.2 cm³/mol. The summed E-state index contributed by atoms with van der Waals surface area (Å²) in [5.41, 5.74) is 8.28. The molecule has 1 aliphatic heterocycles. The molecule has 0 amide bonds. The molecule has 0 radical (unpaired) electrons. The molecule has 1 aliphatic rings. The maximum atomic E-state index is 6.14. The Labute approximate surface area is 115 Å². The lowest BCUT2D eigenvalue weighted by molar-refractivity contribution is 0.359. The molecule has 3 heteroatoms. The lowest BCUT2D eigenvalue weighted by Gasteiger charge is -2.40. The van der Waals surface area contributed by atoms with Gasteiger partial charge in [-0.25, -0.2) is 0 Å². The van der Waals surface area contributed by atoms with Gasteiger partial charge in [0, 0.05) is 29.8 Å². The fourth-order valence-corrected chi connectivity index (χ4v) is 2.99. The predicted octanol–water partition coefficient (Wildman–Crippen LogP) is 3.81. The third kappa shape index (κ3) is 2.81. The molecule has 0 bridgehead atoms. The molecule has 2 nitrogen and oxygen atoms in total. The summed E-state index contributed by atoms with van der Waals surface area (Å²) in [6.45, 7) is 6.28. The first-order valence-electron chi connectivity index (χ1n) is 6.90. The van der Waals surface area contributed by atoms with Gasteiger partial charge in [0.15, 0.2) is 0 Å². The van der Waals surface area contributed by atoms with Gasteiger partial charge in [0.25, 0.3) is 0 Å². The Kier molecular flexibility index (Phi) is 4.52. The largest absolute Gasteiger partial charge is 0.368 e. The highest BCUT2D eigenvalue weighted by atomic mass is 35.5. The van der Waals surface area contributed by atoms with E-state index in [4.69, 9.17) is 17.3 Å². The van der Waals surface area contributed by atoms with Crippen molar-refractivity contribution in [2.45, 2.75) is 45.7 Å². The Morgan fingerprint density at radius 3 is 2.83 bits per heavy atom. The third-order valence-electron chi connectivity index (χ3n) is 4.13. The van der Waals surface area contributed by atoms with Gasteiger partial charge in [-0.3, -0.25) is 0 Å². The van der Waals surface area contributed by atoms with Crippen molar-refractivity contribution >= 4 is 17.3 Å². The SMILES string of the molecule is CCC1CCC(C)N(c2cc(Cl)ccc2CN)C1. The lowest BCUT2D eigenvalue weighted by atomic mass is 9.90. The van der Waals surface area contributed by atoms with Crippen LogP contribution in [-0.4, -0.2) is 12.6 Å². The van der Waals surface area contributed by atoms with Crippen LogP contribution in [0.5, 0.6) is 0 Å². The molecule has 0 saturated carbocycles. The molecule has 100 valence electrons. The van der Waals surface area contributed by atoms with Crippen LogP contribution in [0.15, 0.2) is 18.2 Å². The molecule has 0 aliphatic carbocycles. The van der Waals surface area contributed by atoms with Crippen molar-refractivity contribution in [3.8, 4) is 0 Å². The van der Waals surface area contributed by atoms with Crippen LogP contribution < -0.4 is 10.6 Å². The fourth-order valence-electron chi connectivity index (χ4n) is 2.83. The van der Waals surface area contributed by atoms with Crippen LogP contribution in [-0.2, 0) is 6.54 Å². The minimum Gasteiger partial charge on any atom is -0.368 e. The lowest BCUT2D eigenvalue weighted by Crippen LogP contribution is -2.42. The Bertz CT molecular complexity index is 405. The quantitative estimate of drug-likeness (QED) is 0.901. The van der Waals surface area contributed by atoms with E-state index >= 15 is 0 Å². The number of nitrogens with two attached hydrogens (primary N) is 1. The van der Waals surface area contributed by atoms with Gasteiger partial charge < -0.3 is 10.6 Å². The summed E-state index contributed by atoms with van der Waals surface area (Å²) in [5.74, 6) is 0.797. The Morgan fingerprint density at radius 2 is 2.17 bits per heavy atom. The number of anilines is 1. The van der Waals surface area contributed by atoms with E-state index in [1.54, 1.807) is 0 Å². The molecule has 2 atom stereocenters. The van der Waals surface area contributed by atoms with E-state index < -0.39 is 0 Å². The molecule has 1 aromatic rings. The summed E-state index contributed by atoms with van der Waals surface area (Å²) >= 11 is 6.14. The van der Waals surface area contributed by atoms with Crippen LogP contribution >= 0.6 is 11.6 Å². The molecule has 1 heterocycles. The van der Waals surface area contributed by atoms with Crippen LogP contribution in [0.2, 0.25) is 5.02 Å². The summed E-state index contributed by atoms with van der Waals surface area (Å²) in [7, 11) is 0. The molecule has 1 fully saturated rings. The highest BCUT2D eigenvalue weighted by Crippen LogP contribution is 2.32. The highest BCUT2D eigenvalue weighted by Gasteiger charge is 2.25. The highest BCUT2D eigenvalue weighted by molar-refractivity contribution is 6.30. The number of piperidine rings is 1. The van der Waals surface area contributed by atoms with Crippen LogP contribution in [0.4, 0.5) is 5.69 Å². The van der Waals surface area contributed by atoms with Gasteiger partial charge >= 0.3 is 0 Å². The van der Waals surface area contributed by atoms with Gasteiger partial charge in [-0.1, -0.05) is 31.0 Å². The molecule has 1 saturated heterocycles. The van der Waals surface area contributed by atoms with Crippen molar-refractivity contribution in [2.24, 2.45) is 11.7 Å². The summed E-state index contributed by atoms with van der Waals surface area (Å²) < 4.78 is 0. The second-order valence-electron chi connectivity index (χ2n) is 5.33. The van der Waals surface area contributed by atoms with Crippen LogP contribution in [0.1, 0.15) is 38.7 Å². The average molecular weight is 267 g/mol. The van der Waals surface area contributed by atoms with Crippen molar-refractivity contribution < 1.29 is 0 Å². The number of nitrogens with zero attached hydrogens (tertiary/aromatic N) is 1. The Morgan fingerprint density at radius 1 is 1.39 bits per heavy atom. The number of hydrogen-bond donors (Lipinski definition) is 1. The Balaban J connectivity index is 2.30. The zero-order valence-electron chi connectivity index (χ0n) is 11.3. The minimum absolute atomic E-state index is 0.576. The summed E-state index contributed by atoms with van der Waals surface area (Å²) in [6.07, 6.45) is 3.85. The summed E-state index contributed by atoms with van der Waals surface area (Å²) in [6, 6.07) is 6.63. The van der Waals surface area contributed by atoms with Gasteiger partial charge in [0.2, 0.25) is 0 Å². The van der Waals surface area contributed by atoms with E-state index in [9.17, 15) is 0 Å². The normalized spacial score (nSPS) is 24.3. The molecular formula is C15H23ClN2. The molecule has 1 aromatic carbocycles. The van der Waals surface area contributed by atoms with Crippen molar-refractivity contribution in [3.05, 3.63) is 28.8 Å². The monoisotopic (exact) mass is 266 g/mol. The number of benzene rings is 1. The van der Waals surface area contributed by atoms with Gasteiger partial charge in [0.05, 0.1) is 0 Å². The third-order valence-corrected chi connectivity index (χ3v) is 4.37. The molecule has 2 rings (SSSR count). The van der Waals surface area contributed by atoms with E-state index in [0.717, 1.165) is 17.5 Å². The Hall–Kier alpha value is -0.730. The van der Waals surface area contributed by atoms with Gasteiger partial charge in [-0.15, -0.1) is 0 Å². The number of halogens is 1. The molecule has 0 aromatic heterocycles. The van der Waals surface area contributed by atoms with Gasteiger partial charge in [-0.05, 0) is 43.4 Å². The maximum Gasteiger partial charge on any atom is 0.0429 e. The first-order chi connectivity index (χ1) is 8.65. The summed E-state index contributed by atoms with van der Waals surface area (Å²) in [5, 5.41) is 0.799. The zero-order valence-corrected chi connectivity index (χ0v) is 12.1. The standard InChI is InChI=1S/C15H23ClN2/c1-3-12-5-4-11(2)18(10-12)15-8-14(16)7-6-13(15)9-17/h6-8,11-12H,3-5,9-10,17H2,1-2H3. The van der Waals surface area contributed by atoms with E-state index in [1.807, 2.05) is 6.07 Å². The second-order valence-corrected chi connectivity index (χ2v) is 5.77. The van der Waals surface area contributed by atoms with Crippen molar-refractivity contribution in [2.75, 3.05) is 11.4 Å². The van der Waals surface area contributed by atoms with Crippen molar-refractivity contribution in [3.63, 3.8) is 0 Å². The van der Waals surface area contributed by atoms with Crippen LogP contribution in [0, 0.1) is 5.92 Å². The van der Waals surface area contributed by atoms with Crippen LogP contribution in [0.3, 0.4) is 0 Å². The first kappa shape index (κ1) is 13.7. The number of rotatable bonds is 3. The molecule has 2 unspecified atom stereocenters. The topological polar surface area (TPSA) is 29.3 Å². The number of hydrogen-bond acceptors (Lipinski definition) is 2. The van der Waals surface area contributed by atoms with E-state index in [1.165, 1.54) is 30.5 Å². The second kappa shape index (κ2) is 5.94. The first-order valence-corrected chi connectivity index (χ1v) is 7.28. The van der Waals surface area contributed by atoms with Gasteiger partial charge in [0.1, 0.15) is 0 Å². The average Bonchev–Trinajstić information content (AvgIpc) is 2.39. The van der Waals surface area contributed by atoms with Gasteiger partial charge in [-0.2, -0.15) is 0 Å². The van der Waals surface area contributed by atoms with E-state index in [0.29, 0.717) is 12.6 Å². The van der Waals surface area contributed by atoms with Crippen molar-refractivity contribution in [1.29, 1.82) is 0 Å². The van der Waals surface area contributed by atoms with E-state index in [2.05, 4.69) is 30.9 Å². The minimum atomic E-state index is 0.576. The van der Waals surface area contributed by atoms with Crippen molar-refractivity contribution in [1.82, 2.24) is 0 Å².